The molecule has 3 nitrogen and oxygen atoms in total. The molecule has 120 valence electrons. The molecule has 1 aromatic rings. The van der Waals surface area contributed by atoms with E-state index in [0.717, 1.165) is 17.9 Å². The summed E-state index contributed by atoms with van der Waals surface area (Å²) in [5.74, 6) is 1.69. The molecule has 0 saturated carbocycles. The zero-order chi connectivity index (χ0) is 15.7. The topological polar surface area (TPSA) is 30.5 Å². The highest BCUT2D eigenvalue weighted by molar-refractivity contribution is 5.44. The summed E-state index contributed by atoms with van der Waals surface area (Å²) in [6.45, 7) is 11.9. The quantitative estimate of drug-likeness (QED) is 0.677. The largest absolute Gasteiger partial charge is 0.490 e. The molecule has 0 aliphatic carbocycles. The molecule has 21 heavy (non-hydrogen) atoms. The van der Waals surface area contributed by atoms with Crippen LogP contribution in [0.5, 0.6) is 11.5 Å². The first-order chi connectivity index (χ1) is 10.1. The zero-order valence-corrected chi connectivity index (χ0v) is 14.2. The third-order valence-corrected chi connectivity index (χ3v) is 3.35. The van der Waals surface area contributed by atoms with Crippen molar-refractivity contribution in [3.8, 4) is 11.5 Å². The van der Waals surface area contributed by atoms with Gasteiger partial charge in [0.1, 0.15) is 0 Å². The first kappa shape index (κ1) is 17.8. The van der Waals surface area contributed by atoms with Gasteiger partial charge in [-0.15, -0.1) is 0 Å². The average Bonchev–Trinajstić information content (AvgIpc) is 2.45. The number of rotatable bonds is 10. The molecule has 0 radical (unpaired) electrons. The van der Waals surface area contributed by atoms with E-state index in [1.54, 1.807) is 0 Å². The maximum atomic E-state index is 5.74. The SMILES string of the molecule is CCCCC(NC(C)C)c1ccc(OCC)c(OCC)c1. The highest BCUT2D eigenvalue weighted by atomic mass is 16.5. The van der Waals surface area contributed by atoms with E-state index in [4.69, 9.17) is 9.47 Å². The summed E-state index contributed by atoms with van der Waals surface area (Å²) in [6.07, 6.45) is 3.58. The van der Waals surface area contributed by atoms with E-state index in [1.807, 2.05) is 19.9 Å². The molecule has 1 aromatic carbocycles. The van der Waals surface area contributed by atoms with Crippen molar-refractivity contribution in [3.05, 3.63) is 23.8 Å². The van der Waals surface area contributed by atoms with Gasteiger partial charge in [-0.3, -0.25) is 0 Å². The summed E-state index contributed by atoms with van der Waals surface area (Å²) >= 11 is 0. The van der Waals surface area contributed by atoms with E-state index in [2.05, 4.69) is 38.2 Å². The highest BCUT2D eigenvalue weighted by Gasteiger charge is 2.15. The molecule has 0 bridgehead atoms. The smallest absolute Gasteiger partial charge is 0.161 e. The first-order valence-electron chi connectivity index (χ1n) is 8.27. The van der Waals surface area contributed by atoms with Gasteiger partial charge in [0, 0.05) is 12.1 Å². The minimum Gasteiger partial charge on any atom is -0.490 e. The second-order valence-electron chi connectivity index (χ2n) is 5.59. The molecule has 0 aliphatic heterocycles. The number of hydrogen-bond donors (Lipinski definition) is 1. The van der Waals surface area contributed by atoms with Gasteiger partial charge in [-0.1, -0.05) is 39.7 Å². The predicted molar refractivity (Wildman–Crippen MR) is 89.3 cm³/mol. The van der Waals surface area contributed by atoms with Crippen LogP contribution in [0.4, 0.5) is 0 Å². The average molecular weight is 293 g/mol. The lowest BCUT2D eigenvalue weighted by Crippen LogP contribution is -2.28. The number of unbranched alkanes of at least 4 members (excludes halogenated alkanes) is 1. The molecule has 3 heteroatoms. The van der Waals surface area contributed by atoms with Crippen LogP contribution in [-0.2, 0) is 0 Å². The number of benzene rings is 1. The molecule has 0 saturated heterocycles. The molecule has 0 spiro atoms. The Kier molecular flexibility index (Phi) is 8.21. The summed E-state index contributed by atoms with van der Waals surface area (Å²) in [5, 5.41) is 3.66. The van der Waals surface area contributed by atoms with Crippen molar-refractivity contribution in [1.29, 1.82) is 0 Å². The summed E-state index contributed by atoms with van der Waals surface area (Å²) in [4.78, 5) is 0. The molecule has 0 amide bonds. The number of hydrogen-bond acceptors (Lipinski definition) is 3. The van der Waals surface area contributed by atoms with E-state index in [0.29, 0.717) is 25.3 Å². The van der Waals surface area contributed by atoms with Gasteiger partial charge in [-0.2, -0.15) is 0 Å². The van der Waals surface area contributed by atoms with Crippen LogP contribution in [0, 0.1) is 0 Å². The van der Waals surface area contributed by atoms with E-state index in [-0.39, 0.29) is 0 Å². The number of ether oxygens (including phenoxy) is 2. The van der Waals surface area contributed by atoms with Crippen molar-refractivity contribution in [2.45, 2.75) is 66.0 Å². The van der Waals surface area contributed by atoms with Crippen LogP contribution in [0.1, 0.15) is 65.5 Å². The molecule has 0 heterocycles. The van der Waals surface area contributed by atoms with Crippen LogP contribution in [0.25, 0.3) is 0 Å². The van der Waals surface area contributed by atoms with E-state index < -0.39 is 0 Å². The lowest BCUT2D eigenvalue weighted by molar-refractivity contribution is 0.287. The maximum Gasteiger partial charge on any atom is 0.161 e. The Labute approximate surface area is 130 Å². The van der Waals surface area contributed by atoms with Gasteiger partial charge >= 0.3 is 0 Å². The summed E-state index contributed by atoms with van der Waals surface area (Å²) in [6, 6.07) is 7.16. The Morgan fingerprint density at radius 2 is 1.67 bits per heavy atom. The Morgan fingerprint density at radius 3 is 2.24 bits per heavy atom. The Morgan fingerprint density at radius 1 is 1.00 bits per heavy atom. The fraction of sp³-hybridized carbons (Fsp3) is 0.667. The molecular formula is C18H31NO2. The monoisotopic (exact) mass is 293 g/mol. The molecule has 1 rings (SSSR count). The molecule has 1 unspecified atom stereocenters. The molecule has 1 N–H and O–H groups in total. The van der Waals surface area contributed by atoms with Gasteiger partial charge in [-0.05, 0) is 38.0 Å². The summed E-state index contributed by atoms with van der Waals surface area (Å²) in [5.41, 5.74) is 1.28. The molecule has 0 aliphatic rings. The Bertz CT molecular complexity index is 404. The van der Waals surface area contributed by atoms with Crippen molar-refractivity contribution in [1.82, 2.24) is 5.32 Å². The fourth-order valence-corrected chi connectivity index (χ4v) is 2.44. The van der Waals surface area contributed by atoms with Crippen molar-refractivity contribution in [2.24, 2.45) is 0 Å². The fourth-order valence-electron chi connectivity index (χ4n) is 2.44. The standard InChI is InChI=1S/C18H31NO2/c1-6-9-10-16(19-14(4)5)15-11-12-17(20-7-2)18(13-15)21-8-3/h11-14,16,19H,6-10H2,1-5H3. The van der Waals surface area contributed by atoms with Gasteiger partial charge in [0.05, 0.1) is 13.2 Å². The first-order valence-corrected chi connectivity index (χ1v) is 8.27. The minimum absolute atomic E-state index is 0.375. The third kappa shape index (κ3) is 5.96. The van der Waals surface area contributed by atoms with Crippen molar-refractivity contribution >= 4 is 0 Å². The maximum absolute atomic E-state index is 5.74. The van der Waals surface area contributed by atoms with Gasteiger partial charge in [0.15, 0.2) is 11.5 Å². The van der Waals surface area contributed by atoms with Crippen molar-refractivity contribution < 1.29 is 9.47 Å². The summed E-state index contributed by atoms with van der Waals surface area (Å²) < 4.78 is 11.4. The van der Waals surface area contributed by atoms with Crippen LogP contribution < -0.4 is 14.8 Å². The van der Waals surface area contributed by atoms with Crippen molar-refractivity contribution in [3.63, 3.8) is 0 Å². The third-order valence-electron chi connectivity index (χ3n) is 3.35. The predicted octanol–water partition coefficient (Wildman–Crippen LogP) is 4.71. The molecule has 1 atom stereocenters. The lowest BCUT2D eigenvalue weighted by Gasteiger charge is -2.23. The summed E-state index contributed by atoms with van der Waals surface area (Å²) in [7, 11) is 0. The normalized spacial score (nSPS) is 12.5. The minimum atomic E-state index is 0.375. The van der Waals surface area contributed by atoms with E-state index in [9.17, 15) is 0 Å². The van der Waals surface area contributed by atoms with Gasteiger partial charge in [-0.25, -0.2) is 0 Å². The molecular weight excluding hydrogens is 262 g/mol. The van der Waals surface area contributed by atoms with Crippen LogP contribution in [0.3, 0.4) is 0 Å². The molecule has 0 aromatic heterocycles. The Balaban J connectivity index is 2.97. The van der Waals surface area contributed by atoms with Crippen LogP contribution in [0.2, 0.25) is 0 Å². The van der Waals surface area contributed by atoms with E-state index in [1.165, 1.54) is 18.4 Å². The van der Waals surface area contributed by atoms with Gasteiger partial charge in [0.25, 0.3) is 0 Å². The van der Waals surface area contributed by atoms with Crippen molar-refractivity contribution in [2.75, 3.05) is 13.2 Å². The van der Waals surface area contributed by atoms with E-state index >= 15 is 0 Å². The Hall–Kier alpha value is -1.22. The second kappa shape index (κ2) is 9.67. The zero-order valence-electron chi connectivity index (χ0n) is 14.2. The second-order valence-corrected chi connectivity index (χ2v) is 5.59. The van der Waals surface area contributed by atoms with Crippen LogP contribution in [-0.4, -0.2) is 19.3 Å². The number of nitrogens with one attached hydrogen (secondary N) is 1. The lowest BCUT2D eigenvalue weighted by atomic mass is 10.00. The van der Waals surface area contributed by atoms with Gasteiger partial charge in [0.2, 0.25) is 0 Å². The van der Waals surface area contributed by atoms with Gasteiger partial charge < -0.3 is 14.8 Å². The highest BCUT2D eigenvalue weighted by Crippen LogP contribution is 2.32. The van der Waals surface area contributed by atoms with Crippen LogP contribution in [0.15, 0.2) is 18.2 Å². The van der Waals surface area contributed by atoms with Crippen LogP contribution >= 0.6 is 0 Å². The molecule has 0 fully saturated rings.